The molecule has 4 nitrogen and oxygen atoms in total. The van der Waals surface area contributed by atoms with Gasteiger partial charge in [0.15, 0.2) is 0 Å². The van der Waals surface area contributed by atoms with Crippen LogP contribution in [0.15, 0.2) is 24.3 Å². The summed E-state index contributed by atoms with van der Waals surface area (Å²) >= 11 is 0. The van der Waals surface area contributed by atoms with Crippen molar-refractivity contribution in [1.29, 1.82) is 0 Å². The van der Waals surface area contributed by atoms with Gasteiger partial charge >= 0.3 is 0 Å². The highest BCUT2D eigenvalue weighted by atomic mass is 16.3. The molecule has 1 saturated carbocycles. The fourth-order valence-electron chi connectivity index (χ4n) is 7.40. The van der Waals surface area contributed by atoms with Gasteiger partial charge in [-0.3, -0.25) is 4.90 Å². The summed E-state index contributed by atoms with van der Waals surface area (Å²) in [5.41, 5.74) is 2.38. The second-order valence-electron chi connectivity index (χ2n) is 8.40. The number of anilines is 1. The molecule has 5 bridgehead atoms. The lowest BCUT2D eigenvalue weighted by molar-refractivity contribution is -0.210. The van der Waals surface area contributed by atoms with E-state index in [-0.39, 0.29) is 23.8 Å². The van der Waals surface area contributed by atoms with E-state index in [1.165, 1.54) is 11.3 Å². The number of para-hydroxylation sites is 1. The molecule has 7 rings (SSSR count). The van der Waals surface area contributed by atoms with Gasteiger partial charge in [-0.1, -0.05) is 25.1 Å². The summed E-state index contributed by atoms with van der Waals surface area (Å²) < 4.78 is 0. The van der Waals surface area contributed by atoms with Gasteiger partial charge in [0, 0.05) is 35.0 Å². The maximum absolute atomic E-state index is 11.5. The van der Waals surface area contributed by atoms with Gasteiger partial charge in [-0.25, -0.2) is 0 Å². The molecular weight excluding hydrogens is 288 g/mol. The van der Waals surface area contributed by atoms with Crippen LogP contribution in [0.3, 0.4) is 0 Å². The van der Waals surface area contributed by atoms with Crippen LogP contribution in [0.1, 0.15) is 31.7 Å². The summed E-state index contributed by atoms with van der Waals surface area (Å²) in [4.78, 5) is 2.39. The van der Waals surface area contributed by atoms with Gasteiger partial charge in [0.05, 0.1) is 12.1 Å². The standard InChI is InChI=1S/C19H24N2O2/c1-2-9-10-7-13-16-19(11-5-3-4-6-12(11)20-16)8-14(15(10)17(19)22)21(13)18(9)23/h3-6,9-10,13-18,20,22-23H,2,7-8H2,1H3/t9-,10?,13-,14-,15?,16-,17+,18+,19?/m0/s1. The molecule has 10 atom stereocenters. The highest BCUT2D eigenvalue weighted by Crippen LogP contribution is 2.67. The predicted molar refractivity (Wildman–Crippen MR) is 87.0 cm³/mol. The summed E-state index contributed by atoms with van der Waals surface area (Å²) in [7, 11) is 0. The average Bonchev–Trinajstić information content (AvgIpc) is 3.02. The summed E-state index contributed by atoms with van der Waals surface area (Å²) in [6, 6.07) is 9.50. The van der Waals surface area contributed by atoms with Crippen molar-refractivity contribution >= 4 is 5.69 Å². The quantitative estimate of drug-likeness (QED) is 0.736. The van der Waals surface area contributed by atoms with E-state index in [0.717, 1.165) is 19.3 Å². The summed E-state index contributed by atoms with van der Waals surface area (Å²) in [6.07, 6.45) is 2.52. The highest BCUT2D eigenvalue weighted by Gasteiger charge is 2.75. The van der Waals surface area contributed by atoms with E-state index in [2.05, 4.69) is 41.4 Å². The first kappa shape index (κ1) is 13.2. The van der Waals surface area contributed by atoms with Crippen molar-refractivity contribution in [3.63, 3.8) is 0 Å². The normalized spacial score (nSPS) is 57.3. The molecule has 23 heavy (non-hydrogen) atoms. The number of hydrogen-bond donors (Lipinski definition) is 3. The number of aliphatic hydroxyl groups excluding tert-OH is 2. The van der Waals surface area contributed by atoms with Gasteiger partial charge in [0.25, 0.3) is 0 Å². The van der Waals surface area contributed by atoms with E-state index in [4.69, 9.17) is 0 Å². The number of hydrogen-bond acceptors (Lipinski definition) is 4. The molecule has 5 fully saturated rings. The van der Waals surface area contributed by atoms with Crippen LogP contribution in [-0.4, -0.2) is 45.6 Å². The third kappa shape index (κ3) is 1.20. The molecule has 1 aliphatic carbocycles. The third-order valence-electron chi connectivity index (χ3n) is 8.05. The Morgan fingerprint density at radius 2 is 2.09 bits per heavy atom. The lowest BCUT2D eigenvalue weighted by Crippen LogP contribution is -2.71. The van der Waals surface area contributed by atoms with Crippen LogP contribution in [-0.2, 0) is 5.41 Å². The van der Waals surface area contributed by atoms with E-state index >= 15 is 0 Å². The van der Waals surface area contributed by atoms with E-state index in [9.17, 15) is 10.2 Å². The minimum atomic E-state index is -0.321. The van der Waals surface area contributed by atoms with Crippen molar-refractivity contribution in [2.24, 2.45) is 17.8 Å². The molecule has 4 heteroatoms. The number of nitrogens with one attached hydrogen (secondary N) is 1. The number of rotatable bonds is 1. The molecule has 4 unspecified atom stereocenters. The fourth-order valence-corrected chi connectivity index (χ4v) is 7.40. The van der Waals surface area contributed by atoms with Crippen molar-refractivity contribution in [3.8, 4) is 0 Å². The molecule has 4 saturated heterocycles. The van der Waals surface area contributed by atoms with Crippen LogP contribution in [0, 0.1) is 17.8 Å². The molecule has 6 aliphatic rings. The SMILES string of the molecule is CC[C@H]1C2C[C@H]3[C@@H]4Nc5ccccc5C45C[C@@H](C2[C@H]5O)N3[C@@H]1O. The second-order valence-corrected chi connectivity index (χ2v) is 8.40. The Morgan fingerprint density at radius 1 is 1.26 bits per heavy atom. The van der Waals surface area contributed by atoms with Crippen molar-refractivity contribution in [3.05, 3.63) is 29.8 Å². The smallest absolute Gasteiger partial charge is 0.111 e. The Bertz CT molecular complexity index is 694. The van der Waals surface area contributed by atoms with Crippen LogP contribution in [0.25, 0.3) is 0 Å². The maximum atomic E-state index is 11.5. The monoisotopic (exact) mass is 312 g/mol. The Balaban J connectivity index is 1.57. The summed E-state index contributed by atoms with van der Waals surface area (Å²) in [5.74, 6) is 1.13. The van der Waals surface area contributed by atoms with Gasteiger partial charge in [0.1, 0.15) is 6.23 Å². The molecule has 1 aromatic carbocycles. The Labute approximate surface area is 136 Å². The molecule has 1 spiro atoms. The Kier molecular flexibility index (Phi) is 2.26. The number of aliphatic hydroxyl groups is 2. The van der Waals surface area contributed by atoms with Crippen molar-refractivity contribution in [2.75, 3.05) is 5.32 Å². The first-order valence-corrected chi connectivity index (χ1v) is 9.18. The zero-order chi connectivity index (χ0) is 15.5. The molecule has 0 amide bonds. The summed E-state index contributed by atoms with van der Waals surface area (Å²) in [5, 5.41) is 26.1. The van der Waals surface area contributed by atoms with Gasteiger partial charge in [-0.15, -0.1) is 0 Å². The third-order valence-corrected chi connectivity index (χ3v) is 8.05. The lowest BCUT2D eigenvalue weighted by Gasteiger charge is -2.61. The number of piperidine rings is 4. The van der Waals surface area contributed by atoms with E-state index in [1.807, 2.05) is 0 Å². The lowest BCUT2D eigenvalue weighted by atomic mass is 9.63. The van der Waals surface area contributed by atoms with E-state index in [1.54, 1.807) is 0 Å². The predicted octanol–water partition coefficient (Wildman–Crippen LogP) is 1.53. The number of fused-ring (bicyclic) bond motifs is 2. The second kappa shape index (κ2) is 3.93. The highest BCUT2D eigenvalue weighted by molar-refractivity contribution is 5.65. The minimum Gasteiger partial charge on any atom is -0.392 e. The number of benzene rings is 1. The molecule has 0 radical (unpaired) electrons. The topological polar surface area (TPSA) is 55.7 Å². The van der Waals surface area contributed by atoms with Crippen LogP contribution in [0.2, 0.25) is 0 Å². The zero-order valence-corrected chi connectivity index (χ0v) is 13.4. The van der Waals surface area contributed by atoms with Crippen LogP contribution in [0.4, 0.5) is 5.69 Å². The van der Waals surface area contributed by atoms with Crippen LogP contribution >= 0.6 is 0 Å². The van der Waals surface area contributed by atoms with Gasteiger partial charge in [0.2, 0.25) is 0 Å². The van der Waals surface area contributed by atoms with Gasteiger partial charge < -0.3 is 15.5 Å². The van der Waals surface area contributed by atoms with Crippen molar-refractivity contribution in [1.82, 2.24) is 4.90 Å². The Hall–Kier alpha value is -1.10. The molecule has 0 aromatic heterocycles. The molecule has 5 aliphatic heterocycles. The van der Waals surface area contributed by atoms with Gasteiger partial charge in [-0.05, 0) is 36.8 Å². The largest absolute Gasteiger partial charge is 0.392 e. The van der Waals surface area contributed by atoms with Crippen molar-refractivity contribution in [2.45, 2.75) is 62.1 Å². The van der Waals surface area contributed by atoms with Crippen LogP contribution < -0.4 is 5.32 Å². The van der Waals surface area contributed by atoms with E-state index < -0.39 is 0 Å². The fraction of sp³-hybridized carbons (Fsp3) is 0.684. The number of nitrogens with zero attached hydrogens (tertiary/aromatic N) is 1. The van der Waals surface area contributed by atoms with Gasteiger partial charge in [-0.2, -0.15) is 0 Å². The zero-order valence-electron chi connectivity index (χ0n) is 13.4. The molecular formula is C19H24N2O2. The molecule has 5 heterocycles. The Morgan fingerprint density at radius 3 is 2.91 bits per heavy atom. The van der Waals surface area contributed by atoms with E-state index in [0.29, 0.717) is 29.8 Å². The molecule has 3 N–H and O–H groups in total. The molecule has 122 valence electrons. The minimum absolute atomic E-state index is 0.135. The van der Waals surface area contributed by atoms with Crippen molar-refractivity contribution < 1.29 is 10.2 Å². The first-order valence-electron chi connectivity index (χ1n) is 9.18. The van der Waals surface area contributed by atoms with Crippen LogP contribution in [0.5, 0.6) is 0 Å². The maximum Gasteiger partial charge on any atom is 0.111 e. The first-order chi connectivity index (χ1) is 11.2. The molecule has 1 aromatic rings. The summed E-state index contributed by atoms with van der Waals surface area (Å²) in [6.45, 7) is 2.18. The average molecular weight is 312 g/mol.